The zero-order valence-electron chi connectivity index (χ0n) is 22.6. The molecule has 0 fully saturated rings. The van der Waals surface area contributed by atoms with Crippen molar-refractivity contribution in [2.24, 2.45) is 0 Å². The van der Waals surface area contributed by atoms with Crippen LogP contribution in [0.4, 0.5) is 17.1 Å². The van der Waals surface area contributed by atoms with Gasteiger partial charge in [-0.2, -0.15) is 5.26 Å². The van der Waals surface area contributed by atoms with Crippen molar-refractivity contribution in [3.8, 4) is 17.6 Å². The first-order valence-corrected chi connectivity index (χ1v) is 13.1. The standard InChI is InChI=1S/C34H28N4O3/c1-3-40-32-19-30-29(18-31(32)38-34(39)23(2)25-12-8-5-9-13-25)33(26(20-35)21-36-30)37-27-14-16-28(17-15-27)41-22-24-10-6-4-7-11-24/h4-19,21H,2-3,22H2,1H3,(H,36,37)(H,38,39). The number of pyridine rings is 1. The molecule has 0 aliphatic heterocycles. The molecule has 0 radical (unpaired) electrons. The first-order valence-electron chi connectivity index (χ1n) is 13.1. The Morgan fingerprint density at radius 3 is 2.34 bits per heavy atom. The average Bonchev–Trinajstić information content (AvgIpc) is 3.02. The van der Waals surface area contributed by atoms with Crippen molar-refractivity contribution in [1.29, 1.82) is 5.26 Å². The summed E-state index contributed by atoms with van der Waals surface area (Å²) < 4.78 is 11.7. The fourth-order valence-corrected chi connectivity index (χ4v) is 4.30. The van der Waals surface area contributed by atoms with Gasteiger partial charge < -0.3 is 20.1 Å². The molecule has 4 aromatic carbocycles. The molecular weight excluding hydrogens is 512 g/mol. The highest BCUT2D eigenvalue weighted by molar-refractivity contribution is 6.25. The van der Waals surface area contributed by atoms with Crippen LogP contribution in [0.15, 0.2) is 110 Å². The first kappa shape index (κ1) is 27.0. The number of carbonyl (C=O) groups is 1. The second kappa shape index (κ2) is 12.5. The quantitative estimate of drug-likeness (QED) is 0.178. The second-order valence-corrected chi connectivity index (χ2v) is 9.18. The Hall–Kier alpha value is -5.61. The van der Waals surface area contributed by atoms with Crippen molar-refractivity contribution in [2.75, 3.05) is 17.2 Å². The summed E-state index contributed by atoms with van der Waals surface area (Å²) in [7, 11) is 0. The van der Waals surface area contributed by atoms with E-state index in [9.17, 15) is 10.1 Å². The van der Waals surface area contributed by atoms with Crippen LogP contribution in [0.1, 0.15) is 23.6 Å². The maximum Gasteiger partial charge on any atom is 0.255 e. The number of nitriles is 1. The van der Waals surface area contributed by atoms with Crippen molar-refractivity contribution in [3.63, 3.8) is 0 Å². The van der Waals surface area contributed by atoms with E-state index in [1.54, 1.807) is 12.1 Å². The molecule has 0 aliphatic rings. The summed E-state index contributed by atoms with van der Waals surface area (Å²) in [6.45, 7) is 6.70. The highest BCUT2D eigenvalue weighted by atomic mass is 16.5. The predicted molar refractivity (Wildman–Crippen MR) is 162 cm³/mol. The summed E-state index contributed by atoms with van der Waals surface area (Å²) in [4.78, 5) is 17.6. The van der Waals surface area contributed by atoms with Crippen LogP contribution in [-0.4, -0.2) is 17.5 Å². The van der Waals surface area contributed by atoms with Crippen molar-refractivity contribution < 1.29 is 14.3 Å². The van der Waals surface area contributed by atoms with Gasteiger partial charge in [0.15, 0.2) is 0 Å². The fourth-order valence-electron chi connectivity index (χ4n) is 4.30. The lowest BCUT2D eigenvalue weighted by Gasteiger charge is -2.17. The largest absolute Gasteiger partial charge is 0.492 e. The number of carbonyl (C=O) groups excluding carboxylic acids is 1. The molecule has 0 saturated carbocycles. The van der Waals surface area contributed by atoms with Gasteiger partial charge in [0, 0.05) is 28.9 Å². The summed E-state index contributed by atoms with van der Waals surface area (Å²) >= 11 is 0. The number of nitrogens with zero attached hydrogens (tertiary/aromatic N) is 2. The van der Waals surface area contributed by atoms with E-state index in [2.05, 4.69) is 28.3 Å². The number of ether oxygens (including phenoxy) is 2. The monoisotopic (exact) mass is 540 g/mol. The number of rotatable bonds is 10. The molecule has 0 atom stereocenters. The Balaban J connectivity index is 1.44. The number of nitrogens with one attached hydrogen (secondary N) is 2. The molecule has 5 aromatic rings. The maximum atomic E-state index is 13.1. The van der Waals surface area contributed by atoms with E-state index in [-0.39, 0.29) is 5.91 Å². The molecular formula is C34H28N4O3. The molecule has 2 N–H and O–H groups in total. The molecule has 0 aliphatic carbocycles. The zero-order valence-corrected chi connectivity index (χ0v) is 22.6. The molecule has 1 amide bonds. The van der Waals surface area contributed by atoms with Gasteiger partial charge in [0.2, 0.25) is 0 Å². The Morgan fingerprint density at radius 2 is 1.66 bits per heavy atom. The molecule has 1 heterocycles. The highest BCUT2D eigenvalue weighted by Crippen LogP contribution is 2.36. The molecule has 0 spiro atoms. The van der Waals surface area contributed by atoms with Crippen LogP contribution in [0.3, 0.4) is 0 Å². The summed E-state index contributed by atoms with van der Waals surface area (Å²) in [5.41, 5.74) is 4.87. The minimum atomic E-state index is -0.360. The van der Waals surface area contributed by atoms with Crippen molar-refractivity contribution in [3.05, 3.63) is 127 Å². The Bertz CT molecular complexity index is 1730. The zero-order chi connectivity index (χ0) is 28.6. The van der Waals surface area contributed by atoms with Gasteiger partial charge in [0.1, 0.15) is 24.2 Å². The molecule has 0 saturated heterocycles. The van der Waals surface area contributed by atoms with Gasteiger partial charge in [-0.1, -0.05) is 67.2 Å². The van der Waals surface area contributed by atoms with Gasteiger partial charge in [0.05, 0.1) is 29.1 Å². The lowest BCUT2D eigenvalue weighted by molar-refractivity contribution is -0.111. The van der Waals surface area contributed by atoms with Crippen LogP contribution in [0, 0.1) is 11.3 Å². The van der Waals surface area contributed by atoms with Crippen LogP contribution in [0.5, 0.6) is 11.5 Å². The van der Waals surface area contributed by atoms with Crippen LogP contribution in [0.25, 0.3) is 16.5 Å². The van der Waals surface area contributed by atoms with E-state index < -0.39 is 0 Å². The summed E-state index contributed by atoms with van der Waals surface area (Å²) in [6.07, 6.45) is 1.52. The molecule has 5 rings (SSSR count). The normalized spacial score (nSPS) is 10.4. The molecule has 0 bridgehead atoms. The number of benzene rings is 4. The maximum absolute atomic E-state index is 13.1. The number of hydrogen-bond acceptors (Lipinski definition) is 6. The molecule has 41 heavy (non-hydrogen) atoms. The van der Waals surface area contributed by atoms with Crippen molar-refractivity contribution >= 4 is 39.4 Å². The van der Waals surface area contributed by atoms with Crippen LogP contribution in [-0.2, 0) is 11.4 Å². The number of fused-ring (bicyclic) bond motifs is 1. The smallest absolute Gasteiger partial charge is 0.255 e. The van der Waals surface area contributed by atoms with Gasteiger partial charge in [-0.05, 0) is 48.4 Å². The second-order valence-electron chi connectivity index (χ2n) is 9.18. The van der Waals surface area contributed by atoms with Crippen LogP contribution in [0.2, 0.25) is 0 Å². The molecule has 0 unspecified atom stereocenters. The van der Waals surface area contributed by atoms with Gasteiger partial charge >= 0.3 is 0 Å². The third kappa shape index (κ3) is 6.35. The van der Waals surface area contributed by atoms with Crippen LogP contribution < -0.4 is 20.1 Å². The van der Waals surface area contributed by atoms with Crippen molar-refractivity contribution in [1.82, 2.24) is 4.98 Å². The lowest BCUT2D eigenvalue weighted by atomic mass is 10.1. The van der Waals surface area contributed by atoms with E-state index in [0.717, 1.165) is 22.6 Å². The summed E-state index contributed by atoms with van der Waals surface area (Å²) in [6, 6.07) is 32.4. The molecule has 202 valence electrons. The molecule has 7 heteroatoms. The van der Waals surface area contributed by atoms with E-state index in [4.69, 9.17) is 9.47 Å². The Labute approximate surface area is 238 Å². The Kier molecular flexibility index (Phi) is 8.22. The van der Waals surface area contributed by atoms with E-state index in [1.807, 2.05) is 91.9 Å². The number of hydrogen-bond donors (Lipinski definition) is 2. The van der Waals surface area contributed by atoms with E-state index >= 15 is 0 Å². The van der Waals surface area contributed by atoms with Gasteiger partial charge in [-0.25, -0.2) is 0 Å². The van der Waals surface area contributed by atoms with Gasteiger partial charge in [-0.15, -0.1) is 0 Å². The number of anilines is 3. The van der Waals surface area contributed by atoms with Crippen molar-refractivity contribution in [2.45, 2.75) is 13.5 Å². The number of aromatic nitrogens is 1. The Morgan fingerprint density at radius 1 is 0.951 bits per heavy atom. The van der Waals surface area contributed by atoms with E-state index in [0.29, 0.717) is 52.4 Å². The fraction of sp³-hybridized carbons (Fsp3) is 0.0882. The lowest BCUT2D eigenvalue weighted by Crippen LogP contribution is -2.14. The summed E-state index contributed by atoms with van der Waals surface area (Å²) in [5.74, 6) is 0.836. The van der Waals surface area contributed by atoms with E-state index in [1.165, 1.54) is 6.20 Å². The highest BCUT2D eigenvalue weighted by Gasteiger charge is 2.17. The minimum absolute atomic E-state index is 0.324. The third-order valence-electron chi connectivity index (χ3n) is 6.41. The van der Waals surface area contributed by atoms with Crippen LogP contribution >= 0.6 is 0 Å². The predicted octanol–water partition coefficient (Wildman–Crippen LogP) is 7.48. The van der Waals surface area contributed by atoms with Gasteiger partial charge in [0.25, 0.3) is 5.91 Å². The molecule has 7 nitrogen and oxygen atoms in total. The van der Waals surface area contributed by atoms with Gasteiger partial charge in [-0.3, -0.25) is 9.78 Å². The summed E-state index contributed by atoms with van der Waals surface area (Å²) in [5, 5.41) is 16.8. The number of amides is 1. The first-order chi connectivity index (χ1) is 20.1. The molecule has 1 aromatic heterocycles. The SMILES string of the molecule is C=C(C(=O)Nc1cc2c(Nc3ccc(OCc4ccccc4)cc3)c(C#N)cnc2cc1OCC)c1ccccc1. The minimum Gasteiger partial charge on any atom is -0.492 e. The third-order valence-corrected chi connectivity index (χ3v) is 6.41. The average molecular weight is 541 g/mol. The topological polar surface area (TPSA) is 96.3 Å².